The van der Waals surface area contributed by atoms with Gasteiger partial charge in [-0.15, -0.1) is 0 Å². The summed E-state index contributed by atoms with van der Waals surface area (Å²) < 4.78 is 22.2. The summed E-state index contributed by atoms with van der Waals surface area (Å²) in [5.41, 5.74) is 0.830. The summed E-state index contributed by atoms with van der Waals surface area (Å²) in [6, 6.07) is 13.7. The van der Waals surface area contributed by atoms with E-state index in [0.29, 0.717) is 49.4 Å². The first-order chi connectivity index (χ1) is 17.4. The van der Waals surface area contributed by atoms with Crippen molar-refractivity contribution in [3.05, 3.63) is 59.1 Å². The molecule has 0 aliphatic rings. The SMILES string of the molecule is CCCCCOCCN(CCOc1ccc(CC(OCC)C(=O)O)cc1)C(=O)Oc1ccc(Cl)cc1. The molecular formula is C27H36ClNO7. The highest BCUT2D eigenvalue weighted by Crippen LogP contribution is 2.17. The molecule has 9 heteroatoms. The Bertz CT molecular complexity index is 905. The number of hydrogen-bond donors (Lipinski definition) is 1. The van der Waals surface area contributed by atoms with Crippen LogP contribution in [0.1, 0.15) is 38.7 Å². The number of hydrogen-bond acceptors (Lipinski definition) is 6. The molecule has 0 aromatic heterocycles. The summed E-state index contributed by atoms with van der Waals surface area (Å²) in [6.45, 7) is 6.21. The van der Waals surface area contributed by atoms with Gasteiger partial charge < -0.3 is 29.0 Å². The van der Waals surface area contributed by atoms with Crippen LogP contribution in [0.4, 0.5) is 4.79 Å². The lowest BCUT2D eigenvalue weighted by molar-refractivity contribution is -0.149. The molecular weight excluding hydrogens is 486 g/mol. The van der Waals surface area contributed by atoms with Crippen molar-refractivity contribution in [1.29, 1.82) is 0 Å². The van der Waals surface area contributed by atoms with Gasteiger partial charge in [0.05, 0.1) is 13.2 Å². The average Bonchev–Trinajstić information content (AvgIpc) is 2.87. The second kappa shape index (κ2) is 16.8. The molecule has 1 atom stereocenters. The van der Waals surface area contributed by atoms with Crippen molar-refractivity contribution in [3.63, 3.8) is 0 Å². The van der Waals surface area contributed by atoms with E-state index in [-0.39, 0.29) is 13.0 Å². The molecule has 36 heavy (non-hydrogen) atoms. The van der Waals surface area contributed by atoms with Crippen molar-refractivity contribution < 1.29 is 33.6 Å². The van der Waals surface area contributed by atoms with Gasteiger partial charge in [-0.25, -0.2) is 9.59 Å². The number of benzene rings is 2. The summed E-state index contributed by atoms with van der Waals surface area (Å²) >= 11 is 5.90. The largest absolute Gasteiger partial charge is 0.492 e. The van der Waals surface area contributed by atoms with Crippen LogP contribution in [0.5, 0.6) is 11.5 Å². The second-order valence-electron chi connectivity index (χ2n) is 8.11. The number of unbranched alkanes of at least 4 members (excludes halogenated alkanes) is 2. The zero-order chi connectivity index (χ0) is 26.2. The molecule has 0 saturated carbocycles. The first-order valence-corrected chi connectivity index (χ1v) is 12.7. The lowest BCUT2D eigenvalue weighted by Gasteiger charge is -2.22. The minimum Gasteiger partial charge on any atom is -0.492 e. The van der Waals surface area contributed by atoms with E-state index in [0.717, 1.165) is 24.8 Å². The summed E-state index contributed by atoms with van der Waals surface area (Å²) in [5, 5.41) is 9.81. The molecule has 2 aromatic rings. The van der Waals surface area contributed by atoms with E-state index >= 15 is 0 Å². The molecule has 0 bridgehead atoms. The molecule has 0 saturated heterocycles. The van der Waals surface area contributed by atoms with Crippen LogP contribution in [0, 0.1) is 0 Å². The van der Waals surface area contributed by atoms with Crippen LogP contribution in [0.2, 0.25) is 5.02 Å². The third kappa shape index (κ3) is 11.3. The van der Waals surface area contributed by atoms with E-state index in [4.69, 9.17) is 30.5 Å². The monoisotopic (exact) mass is 521 g/mol. The van der Waals surface area contributed by atoms with Gasteiger partial charge in [-0.05, 0) is 55.3 Å². The topological polar surface area (TPSA) is 94.5 Å². The number of carboxylic acid groups (broad SMARTS) is 1. The molecule has 1 unspecified atom stereocenters. The van der Waals surface area contributed by atoms with Gasteiger partial charge >= 0.3 is 12.1 Å². The van der Waals surface area contributed by atoms with Crippen molar-refractivity contribution in [3.8, 4) is 11.5 Å². The zero-order valence-corrected chi connectivity index (χ0v) is 21.7. The lowest BCUT2D eigenvalue weighted by atomic mass is 10.1. The number of carbonyl (C=O) groups is 2. The first kappa shape index (κ1) is 29.4. The van der Waals surface area contributed by atoms with E-state index in [1.807, 2.05) is 0 Å². The fourth-order valence-corrected chi connectivity index (χ4v) is 3.45. The smallest absolute Gasteiger partial charge is 0.415 e. The third-order valence-electron chi connectivity index (χ3n) is 5.29. The second-order valence-corrected chi connectivity index (χ2v) is 8.54. The van der Waals surface area contributed by atoms with Gasteiger partial charge in [-0.1, -0.05) is 43.5 Å². The Morgan fingerprint density at radius 3 is 2.22 bits per heavy atom. The molecule has 0 heterocycles. The van der Waals surface area contributed by atoms with Crippen LogP contribution < -0.4 is 9.47 Å². The van der Waals surface area contributed by atoms with Crippen molar-refractivity contribution in [2.24, 2.45) is 0 Å². The highest BCUT2D eigenvalue weighted by atomic mass is 35.5. The van der Waals surface area contributed by atoms with Crippen molar-refractivity contribution in [2.45, 2.75) is 45.6 Å². The fourth-order valence-electron chi connectivity index (χ4n) is 3.32. The van der Waals surface area contributed by atoms with Crippen molar-refractivity contribution in [1.82, 2.24) is 4.90 Å². The maximum absolute atomic E-state index is 12.8. The van der Waals surface area contributed by atoms with Crippen LogP contribution in [-0.4, -0.2) is 67.7 Å². The molecule has 1 N–H and O–H groups in total. The minimum absolute atomic E-state index is 0.252. The zero-order valence-electron chi connectivity index (χ0n) is 21.0. The van der Waals surface area contributed by atoms with Gasteiger partial charge in [-0.3, -0.25) is 0 Å². The molecule has 0 spiro atoms. The van der Waals surface area contributed by atoms with Gasteiger partial charge in [0.1, 0.15) is 18.1 Å². The highest BCUT2D eigenvalue weighted by Gasteiger charge is 2.18. The van der Waals surface area contributed by atoms with Crippen molar-refractivity contribution >= 4 is 23.7 Å². The van der Waals surface area contributed by atoms with E-state index in [1.165, 1.54) is 0 Å². The number of halogens is 1. The van der Waals surface area contributed by atoms with E-state index in [2.05, 4.69) is 6.92 Å². The Morgan fingerprint density at radius 1 is 0.917 bits per heavy atom. The third-order valence-corrected chi connectivity index (χ3v) is 5.54. The number of ether oxygens (including phenoxy) is 4. The van der Waals surface area contributed by atoms with Crippen LogP contribution in [0.3, 0.4) is 0 Å². The number of aliphatic carboxylic acids is 1. The Hall–Kier alpha value is -2.81. The van der Waals surface area contributed by atoms with Crippen LogP contribution in [0.15, 0.2) is 48.5 Å². The highest BCUT2D eigenvalue weighted by molar-refractivity contribution is 6.30. The molecule has 8 nitrogen and oxygen atoms in total. The quantitative estimate of drug-likeness (QED) is 0.276. The molecule has 0 aliphatic heterocycles. The number of carboxylic acids is 1. The van der Waals surface area contributed by atoms with Gasteiger partial charge in [0, 0.05) is 31.2 Å². The summed E-state index contributed by atoms with van der Waals surface area (Å²) in [7, 11) is 0. The predicted molar refractivity (Wildman–Crippen MR) is 138 cm³/mol. The normalized spacial score (nSPS) is 11.6. The van der Waals surface area contributed by atoms with Gasteiger partial charge in [-0.2, -0.15) is 0 Å². The number of amides is 1. The standard InChI is InChI=1S/C27H36ClNO7/c1-3-5-6-17-33-18-15-29(27(32)36-24-13-9-22(28)10-14-24)16-19-35-23-11-7-21(8-12-23)20-25(26(30)31)34-4-2/h7-14,25H,3-6,15-20H2,1-2H3,(H,30,31). The number of carbonyl (C=O) groups excluding carboxylic acids is 1. The van der Waals surface area contributed by atoms with Crippen LogP contribution >= 0.6 is 11.6 Å². The summed E-state index contributed by atoms with van der Waals surface area (Å²) in [5.74, 6) is 0.0301. The molecule has 198 valence electrons. The van der Waals surface area contributed by atoms with E-state index < -0.39 is 18.2 Å². The fraction of sp³-hybridized carbons (Fsp3) is 0.481. The maximum Gasteiger partial charge on any atom is 0.415 e. The van der Waals surface area contributed by atoms with Crippen LogP contribution in [-0.2, 0) is 20.7 Å². The van der Waals surface area contributed by atoms with E-state index in [1.54, 1.807) is 60.4 Å². The number of nitrogens with zero attached hydrogens (tertiary/aromatic N) is 1. The predicted octanol–water partition coefficient (Wildman–Crippen LogP) is 5.46. The summed E-state index contributed by atoms with van der Waals surface area (Å²) in [4.78, 5) is 25.6. The first-order valence-electron chi connectivity index (χ1n) is 12.3. The average molecular weight is 522 g/mol. The Labute approximate surface area is 218 Å². The van der Waals surface area contributed by atoms with Gasteiger partial charge in [0.15, 0.2) is 6.10 Å². The lowest BCUT2D eigenvalue weighted by Crippen LogP contribution is -2.39. The van der Waals surface area contributed by atoms with E-state index in [9.17, 15) is 14.7 Å². The summed E-state index contributed by atoms with van der Waals surface area (Å²) in [6.07, 6.45) is 2.11. The molecule has 2 rings (SSSR count). The maximum atomic E-state index is 12.8. The molecule has 2 aromatic carbocycles. The molecule has 0 fully saturated rings. The molecule has 0 aliphatic carbocycles. The van der Waals surface area contributed by atoms with Crippen LogP contribution in [0.25, 0.3) is 0 Å². The molecule has 0 radical (unpaired) electrons. The molecule has 1 amide bonds. The Balaban J connectivity index is 1.88. The minimum atomic E-state index is -0.989. The van der Waals surface area contributed by atoms with Crippen molar-refractivity contribution in [2.75, 3.05) is 39.5 Å². The van der Waals surface area contributed by atoms with Gasteiger partial charge in [0.25, 0.3) is 0 Å². The number of rotatable bonds is 17. The Kier molecular flexibility index (Phi) is 13.7. The Morgan fingerprint density at radius 2 is 1.58 bits per heavy atom. The van der Waals surface area contributed by atoms with Gasteiger partial charge in [0.2, 0.25) is 0 Å².